The zero-order chi connectivity index (χ0) is 20.4. The Bertz CT molecular complexity index is 1170. The highest BCUT2D eigenvalue weighted by Gasteiger charge is 2.15. The first-order valence-corrected chi connectivity index (χ1v) is 10.0. The van der Waals surface area contributed by atoms with Gasteiger partial charge in [0.1, 0.15) is 16.5 Å². The zero-order valence-corrected chi connectivity index (χ0v) is 16.9. The number of rotatable bonds is 5. The summed E-state index contributed by atoms with van der Waals surface area (Å²) >= 11 is 1.50. The number of nitrogens with one attached hydrogen (secondary N) is 1. The molecule has 4 aromatic rings. The molecule has 0 aliphatic rings. The van der Waals surface area contributed by atoms with E-state index in [9.17, 15) is 9.90 Å². The molecule has 0 aliphatic carbocycles. The summed E-state index contributed by atoms with van der Waals surface area (Å²) in [6.45, 7) is 3.63. The molecule has 3 aromatic carbocycles. The first-order valence-electron chi connectivity index (χ1n) is 9.19. The normalized spacial score (nSPS) is 10.8. The van der Waals surface area contributed by atoms with Crippen LogP contribution in [0.2, 0.25) is 0 Å². The number of ether oxygens (including phenoxy) is 1. The highest BCUT2D eigenvalue weighted by molar-refractivity contribution is 7.21. The van der Waals surface area contributed by atoms with Crippen LogP contribution in [0.1, 0.15) is 11.1 Å². The lowest BCUT2D eigenvalue weighted by Gasteiger charge is -2.12. The molecule has 2 N–H and O–H groups in total. The molecule has 0 unspecified atom stereocenters. The van der Waals surface area contributed by atoms with Crippen LogP contribution >= 0.6 is 11.3 Å². The van der Waals surface area contributed by atoms with Crippen molar-refractivity contribution < 1.29 is 14.6 Å². The largest absolute Gasteiger partial charge is 0.507 e. The van der Waals surface area contributed by atoms with E-state index >= 15 is 0 Å². The van der Waals surface area contributed by atoms with Gasteiger partial charge in [-0.05, 0) is 55.3 Å². The molecule has 0 fully saturated rings. The van der Waals surface area contributed by atoms with E-state index in [4.69, 9.17) is 4.74 Å². The molecule has 6 heteroatoms. The number of carbonyl (C=O) groups excluding carboxylic acids is 1. The van der Waals surface area contributed by atoms with Gasteiger partial charge in [0.2, 0.25) is 0 Å². The predicted octanol–water partition coefficient (Wildman–Crippen LogP) is 5.30. The number of aryl methyl sites for hydroxylation is 2. The van der Waals surface area contributed by atoms with Gasteiger partial charge in [0, 0.05) is 5.69 Å². The third-order valence-corrected chi connectivity index (χ3v) is 5.63. The summed E-state index contributed by atoms with van der Waals surface area (Å²) < 4.78 is 6.65. The number of nitrogens with zero attached hydrogens (tertiary/aromatic N) is 1. The molecule has 0 aliphatic heterocycles. The second-order valence-electron chi connectivity index (χ2n) is 6.78. The van der Waals surface area contributed by atoms with Crippen LogP contribution in [0.3, 0.4) is 0 Å². The summed E-state index contributed by atoms with van der Waals surface area (Å²) in [5.41, 5.74) is 3.70. The summed E-state index contributed by atoms with van der Waals surface area (Å²) in [6.07, 6.45) is 0. The van der Waals surface area contributed by atoms with Gasteiger partial charge in [-0.25, -0.2) is 4.98 Å². The molecule has 0 atom stereocenters. The first kappa shape index (κ1) is 19.0. The molecule has 1 heterocycles. The maximum atomic E-state index is 12.4. The van der Waals surface area contributed by atoms with Crippen molar-refractivity contribution in [3.63, 3.8) is 0 Å². The molecular weight excluding hydrogens is 384 g/mol. The molecule has 0 radical (unpaired) electrons. The SMILES string of the molecule is Cc1ccccc1OCC(=O)Nc1cc(C)c(O)c(-c2nc3ccccc3s2)c1. The van der Waals surface area contributed by atoms with Gasteiger partial charge in [0.25, 0.3) is 5.91 Å². The van der Waals surface area contributed by atoms with Gasteiger partial charge >= 0.3 is 0 Å². The number of aromatic nitrogens is 1. The van der Waals surface area contributed by atoms with Crippen molar-refractivity contribution in [2.75, 3.05) is 11.9 Å². The highest BCUT2D eigenvalue weighted by Crippen LogP contribution is 2.38. The molecule has 0 spiro atoms. The van der Waals surface area contributed by atoms with Crippen molar-refractivity contribution in [3.8, 4) is 22.1 Å². The Balaban J connectivity index is 1.55. The molecule has 146 valence electrons. The summed E-state index contributed by atoms with van der Waals surface area (Å²) in [5.74, 6) is 0.575. The van der Waals surface area contributed by atoms with E-state index < -0.39 is 0 Å². The third-order valence-electron chi connectivity index (χ3n) is 4.56. The van der Waals surface area contributed by atoms with Crippen LogP contribution in [-0.2, 0) is 4.79 Å². The van der Waals surface area contributed by atoms with Gasteiger partial charge < -0.3 is 15.2 Å². The monoisotopic (exact) mass is 404 g/mol. The number of carbonyl (C=O) groups is 1. The number of phenolic OH excluding ortho intramolecular Hbond substituents is 1. The van der Waals surface area contributed by atoms with Crippen molar-refractivity contribution in [2.45, 2.75) is 13.8 Å². The van der Waals surface area contributed by atoms with Crippen molar-refractivity contribution in [3.05, 3.63) is 71.8 Å². The second-order valence-corrected chi connectivity index (χ2v) is 7.81. The van der Waals surface area contributed by atoms with Crippen LogP contribution in [0.25, 0.3) is 20.8 Å². The smallest absolute Gasteiger partial charge is 0.262 e. The van der Waals surface area contributed by atoms with Crippen LogP contribution in [-0.4, -0.2) is 22.6 Å². The van der Waals surface area contributed by atoms with Crippen LogP contribution in [0.5, 0.6) is 11.5 Å². The van der Waals surface area contributed by atoms with Crippen LogP contribution < -0.4 is 10.1 Å². The first-order chi connectivity index (χ1) is 14.0. The molecule has 1 amide bonds. The third kappa shape index (κ3) is 4.07. The molecule has 29 heavy (non-hydrogen) atoms. The number of amides is 1. The number of fused-ring (bicyclic) bond motifs is 1. The summed E-state index contributed by atoms with van der Waals surface area (Å²) in [6, 6.07) is 18.9. The molecule has 0 bridgehead atoms. The Morgan fingerprint density at radius 3 is 2.62 bits per heavy atom. The minimum absolute atomic E-state index is 0.0960. The van der Waals surface area contributed by atoms with E-state index in [0.29, 0.717) is 27.6 Å². The Kier molecular flexibility index (Phi) is 5.18. The van der Waals surface area contributed by atoms with Gasteiger partial charge in [0.05, 0.1) is 15.8 Å². The summed E-state index contributed by atoms with van der Waals surface area (Å²) in [7, 11) is 0. The number of benzene rings is 3. The van der Waals surface area contributed by atoms with Crippen molar-refractivity contribution in [1.82, 2.24) is 4.98 Å². The van der Waals surface area contributed by atoms with E-state index in [-0.39, 0.29) is 18.3 Å². The van der Waals surface area contributed by atoms with E-state index in [1.807, 2.05) is 55.5 Å². The van der Waals surface area contributed by atoms with Crippen LogP contribution in [0.15, 0.2) is 60.7 Å². The summed E-state index contributed by atoms with van der Waals surface area (Å²) in [4.78, 5) is 17.0. The fourth-order valence-electron chi connectivity index (χ4n) is 3.06. The number of anilines is 1. The van der Waals surface area contributed by atoms with Gasteiger partial charge in [-0.3, -0.25) is 4.79 Å². The Hall–Kier alpha value is -3.38. The number of thiazole rings is 1. The van der Waals surface area contributed by atoms with Crippen molar-refractivity contribution in [1.29, 1.82) is 0 Å². The van der Waals surface area contributed by atoms with Gasteiger partial charge in [-0.2, -0.15) is 0 Å². The van der Waals surface area contributed by atoms with Crippen molar-refractivity contribution in [2.24, 2.45) is 0 Å². The number of aromatic hydroxyl groups is 1. The number of phenols is 1. The lowest BCUT2D eigenvalue weighted by Crippen LogP contribution is -2.20. The maximum Gasteiger partial charge on any atom is 0.262 e. The number of para-hydroxylation sites is 2. The quantitative estimate of drug-likeness (QED) is 0.443. The van der Waals surface area contributed by atoms with Crippen LogP contribution in [0, 0.1) is 13.8 Å². The molecule has 0 saturated carbocycles. The highest BCUT2D eigenvalue weighted by atomic mass is 32.1. The van der Waals surface area contributed by atoms with Crippen molar-refractivity contribution >= 4 is 33.1 Å². The summed E-state index contributed by atoms with van der Waals surface area (Å²) in [5, 5.41) is 14.1. The average molecular weight is 404 g/mol. The lowest BCUT2D eigenvalue weighted by molar-refractivity contribution is -0.118. The van der Waals surface area contributed by atoms with E-state index in [2.05, 4.69) is 10.3 Å². The number of hydrogen-bond acceptors (Lipinski definition) is 5. The fraction of sp³-hybridized carbons (Fsp3) is 0.130. The number of hydrogen-bond donors (Lipinski definition) is 2. The Morgan fingerprint density at radius 1 is 1.07 bits per heavy atom. The zero-order valence-electron chi connectivity index (χ0n) is 16.1. The lowest BCUT2D eigenvalue weighted by atomic mass is 10.1. The standard InChI is InChI=1S/C23H20N2O3S/c1-14-7-3-5-9-19(14)28-13-21(26)24-16-11-15(2)22(27)17(12-16)23-25-18-8-4-6-10-20(18)29-23/h3-12,27H,13H2,1-2H3,(H,24,26). The van der Waals surface area contributed by atoms with Gasteiger partial charge in [-0.1, -0.05) is 30.3 Å². The minimum atomic E-state index is -0.270. The van der Waals surface area contributed by atoms with Crippen LogP contribution in [0.4, 0.5) is 5.69 Å². The molecular formula is C23H20N2O3S. The molecule has 0 saturated heterocycles. The molecule has 5 nitrogen and oxygen atoms in total. The second kappa shape index (κ2) is 7.93. The molecule has 1 aromatic heterocycles. The van der Waals surface area contributed by atoms with E-state index in [0.717, 1.165) is 15.8 Å². The van der Waals surface area contributed by atoms with Gasteiger partial charge in [0.15, 0.2) is 6.61 Å². The molecule has 4 rings (SSSR count). The Morgan fingerprint density at radius 2 is 1.83 bits per heavy atom. The van der Waals surface area contributed by atoms with E-state index in [1.54, 1.807) is 19.1 Å². The maximum absolute atomic E-state index is 12.4. The van der Waals surface area contributed by atoms with Gasteiger partial charge in [-0.15, -0.1) is 11.3 Å². The fourth-order valence-corrected chi connectivity index (χ4v) is 4.04. The van der Waals surface area contributed by atoms with E-state index in [1.165, 1.54) is 11.3 Å². The average Bonchev–Trinajstić information content (AvgIpc) is 3.14. The minimum Gasteiger partial charge on any atom is -0.507 e. The topological polar surface area (TPSA) is 71.5 Å². The Labute approximate surface area is 172 Å². The predicted molar refractivity (Wildman–Crippen MR) is 117 cm³/mol.